The Hall–Kier alpha value is -3.40. The second-order valence-corrected chi connectivity index (χ2v) is 7.40. The first kappa shape index (κ1) is 18.9. The predicted molar refractivity (Wildman–Crippen MR) is 111 cm³/mol. The first-order chi connectivity index (χ1) is 14.1. The van der Waals surface area contributed by atoms with Gasteiger partial charge in [0.15, 0.2) is 5.78 Å². The molecule has 0 amide bonds. The average molecular weight is 386 g/mol. The van der Waals surface area contributed by atoms with Gasteiger partial charge in [-0.15, -0.1) is 0 Å². The summed E-state index contributed by atoms with van der Waals surface area (Å²) in [5.41, 5.74) is 2.82. The first-order valence-corrected chi connectivity index (χ1v) is 9.84. The molecule has 0 heterocycles. The predicted octanol–water partition coefficient (Wildman–Crippen LogP) is 5.22. The number of ketones is 2. The van der Waals surface area contributed by atoms with Crippen LogP contribution >= 0.6 is 0 Å². The molecule has 0 aliphatic heterocycles. The Morgan fingerprint density at radius 3 is 1.93 bits per heavy atom. The van der Waals surface area contributed by atoms with Crippen molar-refractivity contribution in [3.8, 4) is 11.5 Å². The van der Waals surface area contributed by atoms with Crippen LogP contribution in [0, 0.1) is 0 Å². The summed E-state index contributed by atoms with van der Waals surface area (Å²) in [6.45, 7) is 0. The van der Waals surface area contributed by atoms with Crippen LogP contribution in [-0.4, -0.2) is 21.8 Å². The molecular formula is C25H22O4. The summed E-state index contributed by atoms with van der Waals surface area (Å²) < 4.78 is 0. The summed E-state index contributed by atoms with van der Waals surface area (Å²) in [6.07, 6.45) is 2.72. The molecule has 1 aliphatic rings. The van der Waals surface area contributed by atoms with Gasteiger partial charge in [0.2, 0.25) is 5.78 Å². The third-order valence-corrected chi connectivity index (χ3v) is 5.60. The van der Waals surface area contributed by atoms with E-state index in [4.69, 9.17) is 0 Å². The number of benzene rings is 3. The third-order valence-electron chi connectivity index (χ3n) is 5.60. The second kappa shape index (κ2) is 7.92. The molecule has 0 spiro atoms. The van der Waals surface area contributed by atoms with E-state index in [1.165, 1.54) is 12.1 Å². The van der Waals surface area contributed by atoms with Gasteiger partial charge in [-0.1, -0.05) is 61.0 Å². The van der Waals surface area contributed by atoms with Gasteiger partial charge in [-0.3, -0.25) is 9.59 Å². The molecule has 1 aliphatic carbocycles. The van der Waals surface area contributed by atoms with Crippen molar-refractivity contribution in [1.82, 2.24) is 0 Å². The second-order valence-electron chi connectivity index (χ2n) is 7.40. The topological polar surface area (TPSA) is 74.6 Å². The third kappa shape index (κ3) is 3.54. The molecule has 2 N–H and O–H groups in total. The zero-order valence-corrected chi connectivity index (χ0v) is 16.0. The van der Waals surface area contributed by atoms with Gasteiger partial charge in [-0.05, 0) is 36.1 Å². The number of hydrogen-bond donors (Lipinski definition) is 2. The highest BCUT2D eigenvalue weighted by Gasteiger charge is 2.34. The molecule has 0 bridgehead atoms. The van der Waals surface area contributed by atoms with Crippen molar-refractivity contribution < 1.29 is 19.8 Å². The lowest BCUT2D eigenvalue weighted by Gasteiger charge is -2.28. The fourth-order valence-electron chi connectivity index (χ4n) is 4.20. The molecule has 0 unspecified atom stereocenters. The molecule has 4 heteroatoms. The molecular weight excluding hydrogens is 364 g/mol. The number of hydrogen-bond acceptors (Lipinski definition) is 4. The Kier molecular flexibility index (Phi) is 5.17. The van der Waals surface area contributed by atoms with Gasteiger partial charge in [0.05, 0.1) is 11.1 Å². The lowest BCUT2D eigenvalue weighted by Crippen LogP contribution is -2.20. The fourth-order valence-corrected chi connectivity index (χ4v) is 4.20. The first-order valence-electron chi connectivity index (χ1n) is 9.84. The SMILES string of the molecule is O=C(CCCCC1c2cccc(O)c2C(=O)c2c(O)cccc21)c1ccccc1. The van der Waals surface area contributed by atoms with Gasteiger partial charge in [-0.25, -0.2) is 0 Å². The lowest BCUT2D eigenvalue weighted by atomic mass is 9.74. The van der Waals surface area contributed by atoms with E-state index < -0.39 is 0 Å². The highest BCUT2D eigenvalue weighted by Crippen LogP contribution is 2.44. The van der Waals surface area contributed by atoms with Crippen molar-refractivity contribution >= 4 is 11.6 Å². The molecule has 0 fully saturated rings. The quantitative estimate of drug-likeness (QED) is 0.450. The van der Waals surface area contributed by atoms with Crippen molar-refractivity contribution in [3.05, 3.63) is 94.5 Å². The van der Waals surface area contributed by atoms with E-state index in [2.05, 4.69) is 0 Å². The maximum atomic E-state index is 12.9. The maximum absolute atomic E-state index is 12.9. The van der Waals surface area contributed by atoms with Gasteiger partial charge >= 0.3 is 0 Å². The molecule has 29 heavy (non-hydrogen) atoms. The number of carbonyl (C=O) groups is 2. The number of aromatic hydroxyl groups is 2. The molecule has 3 aromatic carbocycles. The van der Waals surface area contributed by atoms with E-state index in [0.717, 1.165) is 36.0 Å². The number of phenols is 2. The van der Waals surface area contributed by atoms with Gasteiger partial charge < -0.3 is 10.2 Å². The summed E-state index contributed by atoms with van der Waals surface area (Å²) in [5, 5.41) is 20.6. The molecule has 0 aromatic heterocycles. The summed E-state index contributed by atoms with van der Waals surface area (Å²) >= 11 is 0. The Morgan fingerprint density at radius 2 is 1.34 bits per heavy atom. The highest BCUT2D eigenvalue weighted by molar-refractivity contribution is 6.15. The van der Waals surface area contributed by atoms with Crippen molar-refractivity contribution in [2.24, 2.45) is 0 Å². The van der Waals surface area contributed by atoms with Gasteiger partial charge in [0, 0.05) is 17.9 Å². The molecule has 3 aromatic rings. The van der Waals surface area contributed by atoms with Crippen molar-refractivity contribution in [3.63, 3.8) is 0 Å². The van der Waals surface area contributed by atoms with Crippen LogP contribution in [0.25, 0.3) is 0 Å². The molecule has 0 saturated carbocycles. The van der Waals surface area contributed by atoms with E-state index in [9.17, 15) is 19.8 Å². The maximum Gasteiger partial charge on any atom is 0.201 e. The van der Waals surface area contributed by atoms with Crippen LogP contribution in [-0.2, 0) is 0 Å². The summed E-state index contributed by atoms with van der Waals surface area (Å²) in [7, 11) is 0. The van der Waals surface area contributed by atoms with E-state index >= 15 is 0 Å². The van der Waals surface area contributed by atoms with Gasteiger partial charge in [0.1, 0.15) is 11.5 Å². The molecule has 4 rings (SSSR count). The normalized spacial score (nSPS) is 13.0. The van der Waals surface area contributed by atoms with Crippen LogP contribution in [0.5, 0.6) is 11.5 Å². The minimum atomic E-state index is -0.346. The lowest BCUT2D eigenvalue weighted by molar-refractivity contribution is 0.0978. The molecule has 0 atom stereocenters. The minimum Gasteiger partial charge on any atom is -0.507 e. The van der Waals surface area contributed by atoms with E-state index in [1.807, 2.05) is 42.5 Å². The average Bonchev–Trinajstić information content (AvgIpc) is 2.73. The standard InChI is InChI=1S/C25H22O4/c26-20(16-8-2-1-3-9-16)13-5-4-10-17-18-11-6-14-21(27)23(18)25(29)24-19(17)12-7-15-22(24)28/h1-3,6-9,11-12,14-15,17,27-28H,4-5,10,13H2. The zero-order valence-electron chi connectivity index (χ0n) is 16.0. The molecule has 146 valence electrons. The largest absolute Gasteiger partial charge is 0.507 e. The molecule has 0 saturated heterocycles. The van der Waals surface area contributed by atoms with Crippen LogP contribution in [0.4, 0.5) is 0 Å². The van der Waals surface area contributed by atoms with Crippen molar-refractivity contribution in [2.45, 2.75) is 31.6 Å². The Labute approximate surface area is 169 Å². The monoisotopic (exact) mass is 386 g/mol. The number of fused-ring (bicyclic) bond motifs is 2. The minimum absolute atomic E-state index is 0.0642. The van der Waals surface area contributed by atoms with Gasteiger partial charge in [0.25, 0.3) is 0 Å². The summed E-state index contributed by atoms with van der Waals surface area (Å²) in [5.74, 6) is -0.456. The van der Waals surface area contributed by atoms with E-state index in [0.29, 0.717) is 6.42 Å². The smallest absolute Gasteiger partial charge is 0.201 e. The number of unbranched alkanes of at least 4 members (excludes halogenated alkanes) is 1. The van der Waals surface area contributed by atoms with E-state index in [-0.39, 0.29) is 40.1 Å². The Bertz CT molecular complexity index is 1010. The summed E-state index contributed by atoms with van der Waals surface area (Å²) in [6, 6.07) is 19.5. The van der Waals surface area contributed by atoms with Crippen LogP contribution in [0.3, 0.4) is 0 Å². The fraction of sp³-hybridized carbons (Fsp3) is 0.200. The highest BCUT2D eigenvalue weighted by atomic mass is 16.3. The molecule has 0 radical (unpaired) electrons. The number of phenolic OH excluding ortho intramolecular Hbond substituents is 2. The van der Waals surface area contributed by atoms with Crippen LogP contribution in [0.2, 0.25) is 0 Å². The van der Waals surface area contributed by atoms with Crippen molar-refractivity contribution in [1.29, 1.82) is 0 Å². The van der Waals surface area contributed by atoms with Crippen LogP contribution < -0.4 is 0 Å². The molecule has 4 nitrogen and oxygen atoms in total. The summed E-state index contributed by atoms with van der Waals surface area (Å²) in [4.78, 5) is 25.2. The van der Waals surface area contributed by atoms with Gasteiger partial charge in [-0.2, -0.15) is 0 Å². The number of carbonyl (C=O) groups excluding carboxylic acids is 2. The number of rotatable bonds is 6. The Morgan fingerprint density at radius 1 is 0.759 bits per heavy atom. The Balaban J connectivity index is 1.54. The van der Waals surface area contributed by atoms with Crippen LogP contribution in [0.1, 0.15) is 69.0 Å². The van der Waals surface area contributed by atoms with Crippen molar-refractivity contribution in [2.75, 3.05) is 0 Å². The van der Waals surface area contributed by atoms with E-state index in [1.54, 1.807) is 12.1 Å². The number of Topliss-reactive ketones (excluding diaryl/α,β-unsaturated/α-hetero) is 1. The van der Waals surface area contributed by atoms with Crippen LogP contribution in [0.15, 0.2) is 66.7 Å². The zero-order chi connectivity index (χ0) is 20.4.